The first-order valence-corrected chi connectivity index (χ1v) is 6.68. The average Bonchev–Trinajstić information content (AvgIpc) is 2.84. The van der Waals surface area contributed by atoms with Gasteiger partial charge in [-0.1, -0.05) is 11.2 Å². The van der Waals surface area contributed by atoms with Crippen LogP contribution in [0.15, 0.2) is 28.8 Å². The average molecular weight is 276 g/mol. The molecule has 108 valence electrons. The topological polar surface area (TPSA) is 56.5 Å². The number of nitrogens with zero attached hydrogens (tertiary/aromatic N) is 1. The van der Waals surface area contributed by atoms with E-state index < -0.39 is 0 Å². The highest BCUT2D eigenvalue weighted by Crippen LogP contribution is 2.29. The molecule has 1 N–H and O–H groups in total. The van der Waals surface area contributed by atoms with Gasteiger partial charge in [-0.05, 0) is 38.6 Å². The van der Waals surface area contributed by atoms with Gasteiger partial charge >= 0.3 is 0 Å². The van der Waals surface area contributed by atoms with Gasteiger partial charge in [0.2, 0.25) is 0 Å². The van der Waals surface area contributed by atoms with Crippen LogP contribution < -0.4 is 14.8 Å². The summed E-state index contributed by atoms with van der Waals surface area (Å²) in [5.41, 5.74) is 1.92. The molecule has 1 heterocycles. The van der Waals surface area contributed by atoms with Crippen molar-refractivity contribution in [3.05, 3.63) is 41.3 Å². The molecule has 0 aliphatic rings. The second kappa shape index (κ2) is 6.96. The minimum Gasteiger partial charge on any atom is -0.490 e. The first-order chi connectivity index (χ1) is 9.72. The van der Waals surface area contributed by atoms with Crippen molar-refractivity contribution in [3.8, 4) is 11.5 Å². The molecule has 2 aromatic rings. The maximum absolute atomic E-state index is 5.75. The smallest absolute Gasteiger partial charge is 0.161 e. The zero-order valence-corrected chi connectivity index (χ0v) is 12.1. The van der Waals surface area contributed by atoms with E-state index in [1.54, 1.807) is 0 Å². The fourth-order valence-corrected chi connectivity index (χ4v) is 1.89. The molecular weight excluding hydrogens is 256 g/mol. The van der Waals surface area contributed by atoms with Crippen molar-refractivity contribution in [2.75, 3.05) is 13.7 Å². The standard InChI is InChI=1S/C15H20N2O3/c1-4-18-15-8-12(9-16-3)5-6-14(15)19-10-13-7-11(2)20-17-13/h5-8,16H,4,9-10H2,1-3H3. The number of hydrogen-bond acceptors (Lipinski definition) is 5. The normalized spacial score (nSPS) is 10.6. The summed E-state index contributed by atoms with van der Waals surface area (Å²) in [5, 5.41) is 7.02. The minimum absolute atomic E-state index is 0.364. The van der Waals surface area contributed by atoms with Crippen molar-refractivity contribution in [2.24, 2.45) is 0 Å². The Kier molecular flexibility index (Phi) is 5.01. The molecule has 0 fully saturated rings. The Morgan fingerprint density at radius 3 is 2.70 bits per heavy atom. The van der Waals surface area contributed by atoms with Crippen LogP contribution in [-0.4, -0.2) is 18.8 Å². The summed E-state index contributed by atoms with van der Waals surface area (Å²) in [6.45, 7) is 5.57. The molecule has 0 saturated carbocycles. The lowest BCUT2D eigenvalue weighted by molar-refractivity contribution is 0.259. The van der Waals surface area contributed by atoms with Crippen molar-refractivity contribution in [3.63, 3.8) is 0 Å². The van der Waals surface area contributed by atoms with Crippen molar-refractivity contribution < 1.29 is 14.0 Å². The number of nitrogens with one attached hydrogen (secondary N) is 1. The van der Waals surface area contributed by atoms with Crippen molar-refractivity contribution in [1.29, 1.82) is 0 Å². The van der Waals surface area contributed by atoms with Gasteiger partial charge in [-0.25, -0.2) is 0 Å². The van der Waals surface area contributed by atoms with E-state index in [4.69, 9.17) is 14.0 Å². The third kappa shape index (κ3) is 3.74. The zero-order chi connectivity index (χ0) is 14.4. The van der Waals surface area contributed by atoms with E-state index in [0.29, 0.717) is 19.0 Å². The number of hydrogen-bond donors (Lipinski definition) is 1. The summed E-state index contributed by atoms with van der Waals surface area (Å²) < 4.78 is 16.4. The minimum atomic E-state index is 0.364. The Morgan fingerprint density at radius 2 is 2.05 bits per heavy atom. The molecule has 0 saturated heterocycles. The van der Waals surface area contributed by atoms with E-state index in [1.807, 2.05) is 45.2 Å². The van der Waals surface area contributed by atoms with Crippen LogP contribution in [0.4, 0.5) is 0 Å². The van der Waals surface area contributed by atoms with Crippen molar-refractivity contribution in [1.82, 2.24) is 10.5 Å². The SMILES string of the molecule is CCOc1cc(CNC)ccc1OCc1cc(C)on1. The molecule has 0 bridgehead atoms. The molecule has 0 radical (unpaired) electrons. The zero-order valence-electron chi connectivity index (χ0n) is 12.1. The first kappa shape index (κ1) is 14.4. The second-order valence-corrected chi connectivity index (χ2v) is 4.46. The van der Waals surface area contributed by atoms with Gasteiger partial charge in [0, 0.05) is 12.6 Å². The molecule has 5 nitrogen and oxygen atoms in total. The van der Waals surface area contributed by atoms with Gasteiger partial charge in [0.1, 0.15) is 18.1 Å². The third-order valence-corrected chi connectivity index (χ3v) is 2.74. The summed E-state index contributed by atoms with van der Waals surface area (Å²) >= 11 is 0. The van der Waals surface area contributed by atoms with E-state index in [9.17, 15) is 0 Å². The van der Waals surface area contributed by atoms with E-state index in [2.05, 4.69) is 10.5 Å². The molecule has 0 atom stereocenters. The van der Waals surface area contributed by atoms with Gasteiger partial charge in [0.05, 0.1) is 6.61 Å². The number of rotatable bonds is 7. The largest absolute Gasteiger partial charge is 0.490 e. The Balaban J connectivity index is 2.09. The number of benzene rings is 1. The fraction of sp³-hybridized carbons (Fsp3) is 0.400. The van der Waals surface area contributed by atoms with E-state index in [0.717, 1.165) is 29.3 Å². The lowest BCUT2D eigenvalue weighted by atomic mass is 10.2. The predicted octanol–water partition coefficient (Wildman–Crippen LogP) is 2.68. The van der Waals surface area contributed by atoms with Crippen LogP contribution in [0.1, 0.15) is 23.9 Å². The molecular formula is C15H20N2O3. The molecule has 0 unspecified atom stereocenters. The van der Waals surface area contributed by atoms with E-state index in [-0.39, 0.29) is 0 Å². The van der Waals surface area contributed by atoms with Crippen LogP contribution in [0.25, 0.3) is 0 Å². The van der Waals surface area contributed by atoms with Gasteiger partial charge in [0.25, 0.3) is 0 Å². The Labute approximate surface area is 118 Å². The molecule has 5 heteroatoms. The molecule has 0 spiro atoms. The van der Waals surface area contributed by atoms with Crippen molar-refractivity contribution >= 4 is 0 Å². The summed E-state index contributed by atoms with van der Waals surface area (Å²) in [6, 6.07) is 7.78. The van der Waals surface area contributed by atoms with Gasteiger partial charge in [-0.2, -0.15) is 0 Å². The van der Waals surface area contributed by atoms with Crippen LogP contribution in [0.5, 0.6) is 11.5 Å². The second-order valence-electron chi connectivity index (χ2n) is 4.46. The quantitative estimate of drug-likeness (QED) is 0.842. The lowest BCUT2D eigenvalue weighted by Gasteiger charge is -2.12. The van der Waals surface area contributed by atoms with Crippen LogP contribution in [0.2, 0.25) is 0 Å². The molecule has 2 rings (SSSR count). The summed E-state index contributed by atoms with van der Waals surface area (Å²) in [7, 11) is 1.91. The maximum Gasteiger partial charge on any atom is 0.161 e. The third-order valence-electron chi connectivity index (χ3n) is 2.74. The lowest BCUT2D eigenvalue weighted by Crippen LogP contribution is -2.06. The molecule has 0 amide bonds. The predicted molar refractivity (Wildman–Crippen MR) is 75.9 cm³/mol. The monoisotopic (exact) mass is 276 g/mol. The molecule has 0 aliphatic carbocycles. The van der Waals surface area contributed by atoms with Gasteiger partial charge < -0.3 is 19.3 Å². The summed E-state index contributed by atoms with van der Waals surface area (Å²) in [4.78, 5) is 0. The van der Waals surface area contributed by atoms with Crippen LogP contribution in [-0.2, 0) is 13.2 Å². The highest BCUT2D eigenvalue weighted by molar-refractivity contribution is 5.43. The Bertz CT molecular complexity index is 552. The van der Waals surface area contributed by atoms with Gasteiger partial charge in [0.15, 0.2) is 11.5 Å². The van der Waals surface area contributed by atoms with Crippen LogP contribution in [0.3, 0.4) is 0 Å². The molecule has 1 aromatic heterocycles. The summed E-state index contributed by atoms with van der Waals surface area (Å²) in [6.07, 6.45) is 0. The van der Waals surface area contributed by atoms with Crippen LogP contribution >= 0.6 is 0 Å². The highest BCUT2D eigenvalue weighted by Gasteiger charge is 2.08. The van der Waals surface area contributed by atoms with Crippen molar-refractivity contribution in [2.45, 2.75) is 27.0 Å². The molecule has 1 aromatic carbocycles. The Hall–Kier alpha value is -2.01. The van der Waals surface area contributed by atoms with E-state index >= 15 is 0 Å². The molecule has 20 heavy (non-hydrogen) atoms. The maximum atomic E-state index is 5.75. The Morgan fingerprint density at radius 1 is 1.20 bits per heavy atom. The highest BCUT2D eigenvalue weighted by atomic mass is 16.5. The number of ether oxygens (including phenoxy) is 2. The van der Waals surface area contributed by atoms with Gasteiger partial charge in [-0.3, -0.25) is 0 Å². The van der Waals surface area contributed by atoms with Gasteiger partial charge in [-0.15, -0.1) is 0 Å². The number of aromatic nitrogens is 1. The molecule has 0 aliphatic heterocycles. The summed E-state index contributed by atoms with van der Waals surface area (Å²) in [5.74, 6) is 2.24. The van der Waals surface area contributed by atoms with Crippen LogP contribution in [0, 0.1) is 6.92 Å². The van der Waals surface area contributed by atoms with E-state index in [1.165, 1.54) is 0 Å². The fourth-order valence-electron chi connectivity index (χ4n) is 1.89. The first-order valence-electron chi connectivity index (χ1n) is 6.68. The number of aryl methyl sites for hydroxylation is 1.